The molecular weight excluding hydrogens is 246 g/mol. The highest BCUT2D eigenvalue weighted by Gasteiger charge is 2.28. The lowest BCUT2D eigenvalue weighted by atomic mass is 9.83. The first kappa shape index (κ1) is 15.5. The van der Waals surface area contributed by atoms with Crippen LogP contribution in [0.1, 0.15) is 58.7 Å². The molecule has 0 saturated carbocycles. The van der Waals surface area contributed by atoms with E-state index in [2.05, 4.69) is 47.0 Å². The number of hydrogen-bond donors (Lipinski definition) is 1. The molecule has 1 saturated heterocycles. The quantitative estimate of drug-likeness (QED) is 0.898. The van der Waals surface area contributed by atoms with Crippen molar-refractivity contribution in [3.63, 3.8) is 0 Å². The molecule has 0 radical (unpaired) electrons. The topological polar surface area (TPSA) is 21.3 Å². The van der Waals surface area contributed by atoms with Gasteiger partial charge in [0.25, 0.3) is 0 Å². The first-order valence-corrected chi connectivity index (χ1v) is 7.84. The summed E-state index contributed by atoms with van der Waals surface area (Å²) in [4.78, 5) is 0. The Kier molecular flexibility index (Phi) is 4.87. The van der Waals surface area contributed by atoms with Crippen LogP contribution in [0.5, 0.6) is 0 Å². The van der Waals surface area contributed by atoms with Crippen molar-refractivity contribution < 1.29 is 4.74 Å². The Balaban J connectivity index is 2.48. The molecule has 2 atom stereocenters. The summed E-state index contributed by atoms with van der Waals surface area (Å²) >= 11 is 0. The van der Waals surface area contributed by atoms with Crippen molar-refractivity contribution in [1.82, 2.24) is 5.32 Å². The van der Waals surface area contributed by atoms with Gasteiger partial charge in [-0.1, -0.05) is 0 Å². The molecular formula is C18H29NO. The van der Waals surface area contributed by atoms with Gasteiger partial charge in [-0.15, -0.1) is 0 Å². The van der Waals surface area contributed by atoms with Crippen LogP contribution in [0.15, 0.2) is 0 Å². The van der Waals surface area contributed by atoms with E-state index < -0.39 is 0 Å². The largest absolute Gasteiger partial charge is 0.376 e. The number of benzene rings is 1. The fourth-order valence-electron chi connectivity index (χ4n) is 3.54. The minimum Gasteiger partial charge on any atom is -0.376 e. The molecule has 1 aromatic rings. The SMILES string of the molecule is CNC(c1c(C)c(C)c(C)c(C)c1C)C1CCCCO1. The monoisotopic (exact) mass is 275 g/mol. The Morgan fingerprint density at radius 1 is 0.900 bits per heavy atom. The molecule has 20 heavy (non-hydrogen) atoms. The van der Waals surface area contributed by atoms with Crippen LogP contribution >= 0.6 is 0 Å². The summed E-state index contributed by atoms with van der Waals surface area (Å²) in [5, 5.41) is 3.52. The second-order valence-corrected chi connectivity index (χ2v) is 6.21. The summed E-state index contributed by atoms with van der Waals surface area (Å²) < 4.78 is 6.04. The molecule has 2 nitrogen and oxygen atoms in total. The predicted octanol–water partition coefficient (Wildman–Crippen LogP) is 4.06. The van der Waals surface area contributed by atoms with E-state index in [0.717, 1.165) is 13.0 Å². The van der Waals surface area contributed by atoms with Crippen LogP contribution in [0.2, 0.25) is 0 Å². The van der Waals surface area contributed by atoms with Gasteiger partial charge in [-0.3, -0.25) is 0 Å². The van der Waals surface area contributed by atoms with Gasteiger partial charge in [-0.05, 0) is 94.3 Å². The molecule has 0 amide bonds. The van der Waals surface area contributed by atoms with Crippen LogP contribution in [0, 0.1) is 34.6 Å². The molecule has 0 bridgehead atoms. The first-order valence-electron chi connectivity index (χ1n) is 7.84. The van der Waals surface area contributed by atoms with Gasteiger partial charge in [0, 0.05) is 6.61 Å². The van der Waals surface area contributed by atoms with Crippen molar-refractivity contribution in [1.29, 1.82) is 0 Å². The molecule has 1 aromatic carbocycles. The van der Waals surface area contributed by atoms with E-state index >= 15 is 0 Å². The molecule has 2 heteroatoms. The van der Waals surface area contributed by atoms with E-state index in [-0.39, 0.29) is 0 Å². The summed E-state index contributed by atoms with van der Waals surface area (Å²) in [7, 11) is 2.06. The minimum absolute atomic E-state index is 0.313. The zero-order chi connectivity index (χ0) is 14.9. The average Bonchev–Trinajstić information content (AvgIpc) is 2.48. The van der Waals surface area contributed by atoms with Gasteiger partial charge in [0.2, 0.25) is 0 Å². The second-order valence-electron chi connectivity index (χ2n) is 6.21. The van der Waals surface area contributed by atoms with Gasteiger partial charge in [0.1, 0.15) is 0 Å². The van der Waals surface area contributed by atoms with Gasteiger partial charge in [-0.2, -0.15) is 0 Å². The number of rotatable bonds is 3. The van der Waals surface area contributed by atoms with E-state index in [9.17, 15) is 0 Å². The van der Waals surface area contributed by atoms with Crippen LogP contribution in [-0.2, 0) is 4.74 Å². The molecule has 1 heterocycles. The van der Waals surface area contributed by atoms with E-state index in [0.29, 0.717) is 12.1 Å². The van der Waals surface area contributed by atoms with E-state index in [4.69, 9.17) is 4.74 Å². The van der Waals surface area contributed by atoms with Gasteiger partial charge >= 0.3 is 0 Å². The molecule has 2 rings (SSSR count). The van der Waals surface area contributed by atoms with Crippen molar-refractivity contribution in [2.24, 2.45) is 0 Å². The Morgan fingerprint density at radius 2 is 1.45 bits per heavy atom. The van der Waals surface area contributed by atoms with Crippen molar-refractivity contribution in [3.8, 4) is 0 Å². The highest BCUT2D eigenvalue weighted by atomic mass is 16.5. The van der Waals surface area contributed by atoms with E-state index in [1.165, 1.54) is 46.2 Å². The normalized spacial score (nSPS) is 21.0. The van der Waals surface area contributed by atoms with Crippen molar-refractivity contribution in [3.05, 3.63) is 33.4 Å². The smallest absolute Gasteiger partial charge is 0.0769 e. The van der Waals surface area contributed by atoms with Gasteiger partial charge in [0.15, 0.2) is 0 Å². The second kappa shape index (κ2) is 6.28. The fourth-order valence-corrected chi connectivity index (χ4v) is 3.54. The van der Waals surface area contributed by atoms with Crippen LogP contribution in [0.4, 0.5) is 0 Å². The Bertz CT molecular complexity index is 458. The van der Waals surface area contributed by atoms with Crippen molar-refractivity contribution >= 4 is 0 Å². The Morgan fingerprint density at radius 3 is 1.90 bits per heavy atom. The van der Waals surface area contributed by atoms with Gasteiger partial charge in [0.05, 0.1) is 12.1 Å². The van der Waals surface area contributed by atoms with Gasteiger partial charge < -0.3 is 10.1 Å². The lowest BCUT2D eigenvalue weighted by Gasteiger charge is -2.33. The molecule has 0 aliphatic carbocycles. The van der Waals surface area contributed by atoms with Crippen LogP contribution in [0.25, 0.3) is 0 Å². The molecule has 0 spiro atoms. The maximum absolute atomic E-state index is 6.04. The van der Waals surface area contributed by atoms with E-state index in [1.807, 2.05) is 0 Å². The molecule has 2 unspecified atom stereocenters. The summed E-state index contributed by atoms with van der Waals surface area (Å²) in [5.41, 5.74) is 8.61. The summed E-state index contributed by atoms with van der Waals surface area (Å²) in [5.74, 6) is 0. The standard InChI is InChI=1S/C18H29NO/c1-11-12(2)14(4)17(15(5)13(11)3)18(19-6)16-9-7-8-10-20-16/h16,18-19H,7-10H2,1-6H3. The molecule has 1 aliphatic rings. The zero-order valence-corrected chi connectivity index (χ0v) is 13.9. The summed E-state index contributed by atoms with van der Waals surface area (Å²) in [6.07, 6.45) is 3.96. The predicted molar refractivity (Wildman–Crippen MR) is 85.5 cm³/mol. The lowest BCUT2D eigenvalue weighted by molar-refractivity contribution is -0.00689. The minimum atomic E-state index is 0.313. The highest BCUT2D eigenvalue weighted by molar-refractivity contribution is 5.51. The van der Waals surface area contributed by atoms with Crippen molar-refractivity contribution in [2.45, 2.75) is 66.0 Å². The third-order valence-corrected chi connectivity index (χ3v) is 5.27. The molecule has 1 N–H and O–H groups in total. The van der Waals surface area contributed by atoms with Crippen molar-refractivity contribution in [2.75, 3.05) is 13.7 Å². The van der Waals surface area contributed by atoms with Crippen LogP contribution in [-0.4, -0.2) is 19.8 Å². The average molecular weight is 275 g/mol. The number of ether oxygens (including phenoxy) is 1. The number of likely N-dealkylation sites (N-methyl/N-ethyl adjacent to an activating group) is 1. The summed E-state index contributed by atoms with van der Waals surface area (Å²) in [6, 6.07) is 0.313. The zero-order valence-electron chi connectivity index (χ0n) is 13.9. The highest BCUT2D eigenvalue weighted by Crippen LogP contribution is 2.34. The number of nitrogens with one attached hydrogen (secondary N) is 1. The number of hydrogen-bond acceptors (Lipinski definition) is 2. The molecule has 1 aliphatic heterocycles. The fraction of sp³-hybridized carbons (Fsp3) is 0.667. The Labute approximate surface area is 123 Å². The summed E-state index contributed by atoms with van der Waals surface area (Å²) in [6.45, 7) is 12.2. The molecule has 112 valence electrons. The van der Waals surface area contributed by atoms with E-state index in [1.54, 1.807) is 0 Å². The van der Waals surface area contributed by atoms with Crippen LogP contribution in [0.3, 0.4) is 0 Å². The maximum atomic E-state index is 6.04. The van der Waals surface area contributed by atoms with Gasteiger partial charge in [-0.25, -0.2) is 0 Å². The lowest BCUT2D eigenvalue weighted by Crippen LogP contribution is -2.35. The van der Waals surface area contributed by atoms with Crippen LogP contribution < -0.4 is 5.32 Å². The molecule has 1 fully saturated rings. The Hall–Kier alpha value is -0.860. The first-order chi connectivity index (χ1) is 9.49. The molecule has 0 aromatic heterocycles. The maximum Gasteiger partial charge on any atom is 0.0769 e. The third kappa shape index (κ3) is 2.64. The third-order valence-electron chi connectivity index (χ3n) is 5.27.